The van der Waals surface area contributed by atoms with E-state index in [2.05, 4.69) is 27.4 Å². The molecule has 4 aromatic rings. The van der Waals surface area contributed by atoms with Crippen LogP contribution in [-0.4, -0.2) is 22.4 Å². The largest absolute Gasteiger partial charge is 0.464 e. The van der Waals surface area contributed by atoms with Gasteiger partial charge in [-0.15, -0.1) is 0 Å². The van der Waals surface area contributed by atoms with Crippen LogP contribution in [0.3, 0.4) is 0 Å². The average Bonchev–Trinajstić information content (AvgIpc) is 3.41. The maximum atomic E-state index is 12.4. The van der Waals surface area contributed by atoms with Gasteiger partial charge in [-0.3, -0.25) is 4.79 Å². The summed E-state index contributed by atoms with van der Waals surface area (Å²) in [5.74, 6) is 0.998. The first-order valence-electron chi connectivity index (χ1n) is 9.98. The molecule has 5 rings (SSSR count). The topological polar surface area (TPSA) is 70.9 Å². The van der Waals surface area contributed by atoms with E-state index in [1.54, 1.807) is 6.26 Å². The maximum absolute atomic E-state index is 12.4. The Hall–Kier alpha value is -3.08. The zero-order valence-electron chi connectivity index (χ0n) is 15.8. The molecule has 0 fully saturated rings. The molecule has 1 aliphatic rings. The molecule has 0 spiro atoms. The number of aryl methyl sites for hydroxylation is 3. The fraction of sp³-hybridized carbons (Fsp3) is 0.304. The van der Waals surface area contributed by atoms with Crippen molar-refractivity contribution < 1.29 is 9.21 Å². The van der Waals surface area contributed by atoms with Gasteiger partial charge in [0.25, 0.3) is 0 Å². The lowest BCUT2D eigenvalue weighted by Crippen LogP contribution is -2.26. The van der Waals surface area contributed by atoms with Crippen molar-refractivity contribution in [1.82, 2.24) is 15.3 Å². The summed E-state index contributed by atoms with van der Waals surface area (Å²) in [6.45, 7) is 0.640. The molecule has 0 atom stereocenters. The molecule has 2 aromatic carbocycles. The van der Waals surface area contributed by atoms with Gasteiger partial charge in [0, 0.05) is 23.9 Å². The van der Waals surface area contributed by atoms with E-state index in [0.29, 0.717) is 13.0 Å². The van der Waals surface area contributed by atoms with Gasteiger partial charge in [0.1, 0.15) is 11.4 Å². The van der Waals surface area contributed by atoms with Gasteiger partial charge in [0.05, 0.1) is 23.7 Å². The highest BCUT2D eigenvalue weighted by Gasteiger charge is 2.16. The monoisotopic (exact) mass is 373 g/mol. The number of benzene rings is 2. The zero-order valence-corrected chi connectivity index (χ0v) is 15.8. The quantitative estimate of drug-likeness (QED) is 0.500. The normalized spacial score (nSPS) is 13.3. The molecule has 0 saturated carbocycles. The van der Waals surface area contributed by atoms with Crippen molar-refractivity contribution in [1.29, 1.82) is 0 Å². The second kappa shape index (κ2) is 7.15. The summed E-state index contributed by atoms with van der Waals surface area (Å²) < 4.78 is 5.70. The molecule has 0 bridgehead atoms. The van der Waals surface area contributed by atoms with E-state index in [1.807, 2.05) is 24.3 Å². The third-order valence-electron chi connectivity index (χ3n) is 5.57. The Morgan fingerprint density at radius 3 is 2.93 bits per heavy atom. The van der Waals surface area contributed by atoms with Crippen LogP contribution >= 0.6 is 0 Å². The molecule has 5 nitrogen and oxygen atoms in total. The van der Waals surface area contributed by atoms with Crippen LogP contribution in [0.15, 0.2) is 47.1 Å². The van der Waals surface area contributed by atoms with E-state index in [0.717, 1.165) is 59.1 Å². The number of furan rings is 1. The van der Waals surface area contributed by atoms with Crippen molar-refractivity contribution in [2.45, 2.75) is 38.5 Å². The van der Waals surface area contributed by atoms with Crippen LogP contribution in [0.2, 0.25) is 0 Å². The number of hydrogen-bond acceptors (Lipinski definition) is 3. The van der Waals surface area contributed by atoms with Crippen LogP contribution in [0, 0.1) is 0 Å². The highest BCUT2D eigenvalue weighted by molar-refractivity contribution is 5.88. The van der Waals surface area contributed by atoms with E-state index in [4.69, 9.17) is 4.42 Å². The smallest absolute Gasteiger partial charge is 0.224 e. The van der Waals surface area contributed by atoms with Crippen LogP contribution in [0.1, 0.15) is 35.4 Å². The molecule has 5 heteroatoms. The third kappa shape index (κ3) is 3.28. The van der Waals surface area contributed by atoms with Gasteiger partial charge in [-0.2, -0.15) is 0 Å². The Bertz CT molecular complexity index is 1120. The molecule has 2 aromatic heterocycles. The number of fused-ring (bicyclic) bond motifs is 3. The van der Waals surface area contributed by atoms with Crippen molar-refractivity contribution in [3.8, 4) is 0 Å². The summed E-state index contributed by atoms with van der Waals surface area (Å²) in [4.78, 5) is 20.3. The summed E-state index contributed by atoms with van der Waals surface area (Å²) >= 11 is 0. The van der Waals surface area contributed by atoms with E-state index in [-0.39, 0.29) is 5.91 Å². The highest BCUT2D eigenvalue weighted by atomic mass is 16.3. The average molecular weight is 373 g/mol. The molecular formula is C23H23N3O2. The van der Waals surface area contributed by atoms with Gasteiger partial charge < -0.3 is 14.7 Å². The lowest BCUT2D eigenvalue weighted by Gasteiger charge is -2.04. The van der Waals surface area contributed by atoms with E-state index in [9.17, 15) is 4.79 Å². The molecule has 142 valence electrons. The number of amides is 1. The first-order valence-corrected chi connectivity index (χ1v) is 9.98. The number of hydrogen-bond donors (Lipinski definition) is 2. The molecule has 0 saturated heterocycles. The predicted molar refractivity (Wildman–Crippen MR) is 109 cm³/mol. The molecule has 1 amide bonds. The Morgan fingerprint density at radius 2 is 2.04 bits per heavy atom. The molecule has 0 radical (unpaired) electrons. The van der Waals surface area contributed by atoms with Gasteiger partial charge in [-0.1, -0.05) is 12.1 Å². The summed E-state index contributed by atoms with van der Waals surface area (Å²) in [7, 11) is 0. The fourth-order valence-corrected chi connectivity index (χ4v) is 4.13. The summed E-state index contributed by atoms with van der Waals surface area (Å²) in [5.41, 5.74) is 6.71. The van der Waals surface area contributed by atoms with Crippen LogP contribution < -0.4 is 5.32 Å². The van der Waals surface area contributed by atoms with Crippen molar-refractivity contribution in [2.24, 2.45) is 0 Å². The first-order chi connectivity index (χ1) is 13.8. The SMILES string of the molecule is O=C(Cc1coc2cc3c(cc12)CCC3)NCCCc1nc2ccccc2[nH]1. The third-order valence-corrected chi connectivity index (χ3v) is 5.57. The standard InChI is InChI=1S/C23H23N3O2/c27-23(24-10-4-9-22-25-19-7-1-2-8-20(19)26-22)13-17-14-28-21-12-16-6-3-5-15(16)11-18(17)21/h1-2,7-8,11-12,14H,3-6,9-10,13H2,(H,24,27)(H,25,26). The van der Waals surface area contributed by atoms with Crippen LogP contribution in [0.25, 0.3) is 22.0 Å². The van der Waals surface area contributed by atoms with Crippen molar-refractivity contribution in [3.05, 3.63) is 65.2 Å². The Morgan fingerprint density at radius 1 is 1.18 bits per heavy atom. The first kappa shape index (κ1) is 17.0. The minimum absolute atomic E-state index is 0.0350. The zero-order chi connectivity index (χ0) is 18.9. The van der Waals surface area contributed by atoms with Crippen molar-refractivity contribution >= 4 is 27.9 Å². The Labute approximate surface area is 163 Å². The van der Waals surface area contributed by atoms with Gasteiger partial charge in [0.15, 0.2) is 0 Å². The number of H-pyrrole nitrogens is 1. The molecule has 2 heterocycles. The second-order valence-electron chi connectivity index (χ2n) is 7.56. The van der Waals surface area contributed by atoms with Crippen molar-refractivity contribution in [2.75, 3.05) is 6.54 Å². The molecule has 1 aliphatic carbocycles. The summed E-state index contributed by atoms with van der Waals surface area (Å²) in [6, 6.07) is 12.4. The number of para-hydroxylation sites is 2. The Balaban J connectivity index is 1.16. The molecule has 28 heavy (non-hydrogen) atoms. The van der Waals surface area contributed by atoms with Gasteiger partial charge in [-0.25, -0.2) is 4.98 Å². The maximum Gasteiger partial charge on any atom is 0.224 e. The molecule has 2 N–H and O–H groups in total. The predicted octanol–water partition coefficient (Wildman–Crippen LogP) is 4.09. The number of aromatic nitrogens is 2. The van der Waals surface area contributed by atoms with Crippen LogP contribution in [-0.2, 0) is 30.5 Å². The summed E-state index contributed by atoms with van der Waals surface area (Å²) in [5, 5.41) is 4.10. The minimum atomic E-state index is 0.0350. The molecule has 0 unspecified atom stereocenters. The number of carbonyl (C=O) groups is 1. The van der Waals surface area contributed by atoms with Crippen LogP contribution in [0.5, 0.6) is 0 Å². The fourth-order valence-electron chi connectivity index (χ4n) is 4.13. The van der Waals surface area contributed by atoms with Crippen molar-refractivity contribution in [3.63, 3.8) is 0 Å². The minimum Gasteiger partial charge on any atom is -0.464 e. The number of carbonyl (C=O) groups excluding carboxylic acids is 1. The summed E-state index contributed by atoms with van der Waals surface area (Å²) in [6.07, 6.45) is 7.23. The van der Waals surface area contributed by atoms with Crippen LogP contribution in [0.4, 0.5) is 0 Å². The van der Waals surface area contributed by atoms with E-state index >= 15 is 0 Å². The molecular weight excluding hydrogens is 350 g/mol. The number of nitrogens with one attached hydrogen (secondary N) is 2. The highest BCUT2D eigenvalue weighted by Crippen LogP contribution is 2.30. The number of rotatable bonds is 6. The second-order valence-corrected chi connectivity index (χ2v) is 7.56. The number of nitrogens with zero attached hydrogens (tertiary/aromatic N) is 1. The van der Waals surface area contributed by atoms with Gasteiger partial charge in [0.2, 0.25) is 5.91 Å². The lowest BCUT2D eigenvalue weighted by molar-refractivity contribution is -0.120. The van der Waals surface area contributed by atoms with E-state index < -0.39 is 0 Å². The number of aromatic amines is 1. The number of imidazole rings is 1. The van der Waals surface area contributed by atoms with Gasteiger partial charge in [-0.05, 0) is 61.1 Å². The van der Waals surface area contributed by atoms with Gasteiger partial charge >= 0.3 is 0 Å². The lowest BCUT2D eigenvalue weighted by atomic mass is 10.0. The van der Waals surface area contributed by atoms with E-state index in [1.165, 1.54) is 17.5 Å². The molecule has 0 aliphatic heterocycles. The Kier molecular flexibility index (Phi) is 4.35.